The Morgan fingerprint density at radius 1 is 0.923 bits per heavy atom. The summed E-state index contributed by atoms with van der Waals surface area (Å²) in [7, 11) is 0. The van der Waals surface area contributed by atoms with Crippen molar-refractivity contribution in [2.24, 2.45) is 17.6 Å². The second-order valence-corrected chi connectivity index (χ2v) is 6.61. The van der Waals surface area contributed by atoms with E-state index in [0.29, 0.717) is 13.0 Å². The van der Waals surface area contributed by atoms with Gasteiger partial charge < -0.3 is 21.7 Å². The Labute approximate surface area is 153 Å². The number of rotatable bonds is 11. The molecule has 0 aliphatic rings. The van der Waals surface area contributed by atoms with E-state index in [1.54, 1.807) is 0 Å². The first-order valence-corrected chi connectivity index (χ1v) is 8.63. The average molecular weight is 373 g/mol. The van der Waals surface area contributed by atoms with Gasteiger partial charge in [-0.1, -0.05) is 13.8 Å². The van der Waals surface area contributed by atoms with Gasteiger partial charge in [-0.05, 0) is 26.2 Å². The molecule has 4 amide bonds. The van der Waals surface area contributed by atoms with E-state index in [4.69, 9.17) is 10.9 Å². The maximum atomic E-state index is 12.4. The standard InChI is InChI=1S/C16H31N5O5/c1-9(2)7-12(8-13(22)21-26)16(25)20-11(4)15(24)19-10(3)14(23)18-6-5-17/h9-12,26H,5-8,17H2,1-4H3,(H,18,23)(H,19,24)(H,20,25)(H,21,22)/t10-,11-,12-/m0/s1. The maximum absolute atomic E-state index is 12.4. The number of nitrogens with one attached hydrogen (secondary N) is 4. The first-order chi connectivity index (χ1) is 12.1. The van der Waals surface area contributed by atoms with Crippen LogP contribution < -0.4 is 27.2 Å². The van der Waals surface area contributed by atoms with E-state index in [-0.39, 0.29) is 24.8 Å². The van der Waals surface area contributed by atoms with Crippen LogP contribution in [0.4, 0.5) is 0 Å². The molecule has 0 aromatic rings. The number of hydrogen-bond acceptors (Lipinski definition) is 6. The minimum atomic E-state index is -0.890. The molecule has 0 bridgehead atoms. The number of nitrogens with two attached hydrogens (primary N) is 1. The van der Waals surface area contributed by atoms with E-state index < -0.39 is 35.7 Å². The molecule has 0 heterocycles. The lowest BCUT2D eigenvalue weighted by atomic mass is 9.93. The number of carbonyl (C=O) groups excluding carboxylic acids is 4. The van der Waals surface area contributed by atoms with Crippen molar-refractivity contribution >= 4 is 23.6 Å². The molecule has 26 heavy (non-hydrogen) atoms. The molecule has 10 nitrogen and oxygen atoms in total. The van der Waals surface area contributed by atoms with Gasteiger partial charge in [-0.25, -0.2) is 5.48 Å². The van der Waals surface area contributed by atoms with Gasteiger partial charge in [-0.15, -0.1) is 0 Å². The van der Waals surface area contributed by atoms with Gasteiger partial charge >= 0.3 is 0 Å². The van der Waals surface area contributed by atoms with E-state index in [1.807, 2.05) is 13.8 Å². The third-order valence-corrected chi connectivity index (χ3v) is 3.63. The first kappa shape index (κ1) is 23.8. The van der Waals surface area contributed by atoms with Crippen molar-refractivity contribution in [3.8, 4) is 0 Å². The number of hydrogen-bond donors (Lipinski definition) is 6. The third kappa shape index (κ3) is 9.33. The summed E-state index contributed by atoms with van der Waals surface area (Å²) in [4.78, 5) is 47.6. The zero-order valence-corrected chi connectivity index (χ0v) is 15.8. The highest BCUT2D eigenvalue weighted by molar-refractivity contribution is 5.92. The lowest BCUT2D eigenvalue weighted by Gasteiger charge is -2.22. The molecule has 0 radical (unpaired) electrons. The van der Waals surface area contributed by atoms with E-state index >= 15 is 0 Å². The fourth-order valence-electron chi connectivity index (χ4n) is 2.27. The van der Waals surface area contributed by atoms with Crippen molar-refractivity contribution in [2.75, 3.05) is 13.1 Å². The van der Waals surface area contributed by atoms with Crippen LogP contribution in [0.25, 0.3) is 0 Å². The Bertz CT molecular complexity index is 497. The molecule has 150 valence electrons. The molecule has 0 unspecified atom stereocenters. The van der Waals surface area contributed by atoms with Crippen molar-refractivity contribution in [1.29, 1.82) is 0 Å². The molecule has 7 N–H and O–H groups in total. The predicted molar refractivity (Wildman–Crippen MR) is 94.8 cm³/mol. The van der Waals surface area contributed by atoms with Crippen LogP contribution in [0, 0.1) is 11.8 Å². The Morgan fingerprint density at radius 3 is 1.96 bits per heavy atom. The molecule has 0 saturated heterocycles. The predicted octanol–water partition coefficient (Wildman–Crippen LogP) is -1.37. The van der Waals surface area contributed by atoms with Crippen LogP contribution in [0.3, 0.4) is 0 Å². The summed E-state index contributed by atoms with van der Waals surface area (Å²) in [5.74, 6) is -2.57. The van der Waals surface area contributed by atoms with Crippen molar-refractivity contribution in [2.45, 2.75) is 52.6 Å². The highest BCUT2D eigenvalue weighted by Gasteiger charge is 2.27. The van der Waals surface area contributed by atoms with Gasteiger partial charge in [0.2, 0.25) is 23.6 Å². The van der Waals surface area contributed by atoms with Crippen molar-refractivity contribution in [3.05, 3.63) is 0 Å². The number of carbonyl (C=O) groups is 4. The summed E-state index contributed by atoms with van der Waals surface area (Å²) in [6, 6.07) is -1.67. The van der Waals surface area contributed by atoms with Gasteiger partial charge in [-0.3, -0.25) is 24.4 Å². The highest BCUT2D eigenvalue weighted by Crippen LogP contribution is 2.16. The summed E-state index contributed by atoms with van der Waals surface area (Å²) in [5, 5.41) is 16.2. The molecule has 0 aliphatic heterocycles. The van der Waals surface area contributed by atoms with Crippen LogP contribution in [-0.4, -0.2) is 54.0 Å². The van der Waals surface area contributed by atoms with Crippen molar-refractivity contribution < 1.29 is 24.4 Å². The zero-order valence-electron chi connectivity index (χ0n) is 15.8. The van der Waals surface area contributed by atoms with Crippen molar-refractivity contribution in [1.82, 2.24) is 21.4 Å². The second kappa shape index (κ2) is 12.2. The normalized spacial score (nSPS) is 14.1. The smallest absolute Gasteiger partial charge is 0.244 e. The van der Waals surface area contributed by atoms with Gasteiger partial charge in [0.05, 0.1) is 0 Å². The monoisotopic (exact) mass is 373 g/mol. The fourth-order valence-corrected chi connectivity index (χ4v) is 2.27. The summed E-state index contributed by atoms with van der Waals surface area (Å²) in [5.41, 5.74) is 6.80. The quantitative estimate of drug-likeness (QED) is 0.193. The minimum Gasteiger partial charge on any atom is -0.353 e. The van der Waals surface area contributed by atoms with E-state index in [0.717, 1.165) is 0 Å². The summed E-state index contributed by atoms with van der Waals surface area (Å²) >= 11 is 0. The molecule has 3 atom stereocenters. The summed E-state index contributed by atoms with van der Waals surface area (Å²) in [6.45, 7) is 7.39. The molecule has 0 fully saturated rings. The van der Waals surface area contributed by atoms with Gasteiger partial charge in [0, 0.05) is 25.4 Å². The topological polar surface area (TPSA) is 163 Å². The first-order valence-electron chi connectivity index (χ1n) is 8.63. The largest absolute Gasteiger partial charge is 0.353 e. The van der Waals surface area contributed by atoms with Gasteiger partial charge in [0.15, 0.2) is 0 Å². The number of hydroxylamine groups is 1. The van der Waals surface area contributed by atoms with Gasteiger partial charge in [-0.2, -0.15) is 0 Å². The lowest BCUT2D eigenvalue weighted by Crippen LogP contribution is -2.53. The Balaban J connectivity index is 4.69. The van der Waals surface area contributed by atoms with E-state index in [2.05, 4.69) is 16.0 Å². The zero-order chi connectivity index (χ0) is 20.3. The van der Waals surface area contributed by atoms with Crippen LogP contribution in [0.2, 0.25) is 0 Å². The molecule has 0 saturated carbocycles. The molecular weight excluding hydrogens is 342 g/mol. The lowest BCUT2D eigenvalue weighted by molar-refractivity contribution is -0.136. The molecular formula is C16H31N5O5. The number of amides is 4. The second-order valence-electron chi connectivity index (χ2n) is 6.61. The molecule has 0 aromatic carbocycles. The van der Waals surface area contributed by atoms with Crippen LogP contribution in [0.5, 0.6) is 0 Å². The highest BCUT2D eigenvalue weighted by atomic mass is 16.5. The summed E-state index contributed by atoms with van der Waals surface area (Å²) in [6.07, 6.45) is 0.234. The molecule has 10 heteroatoms. The van der Waals surface area contributed by atoms with E-state index in [9.17, 15) is 19.2 Å². The van der Waals surface area contributed by atoms with Crippen LogP contribution >= 0.6 is 0 Å². The Hall–Kier alpha value is -2.20. The molecule has 0 aliphatic carbocycles. The fraction of sp³-hybridized carbons (Fsp3) is 0.750. The van der Waals surface area contributed by atoms with Crippen molar-refractivity contribution in [3.63, 3.8) is 0 Å². The molecule has 0 spiro atoms. The van der Waals surface area contributed by atoms with Crippen LogP contribution in [-0.2, 0) is 19.2 Å². The van der Waals surface area contributed by atoms with Gasteiger partial charge in [0.25, 0.3) is 0 Å². The summed E-state index contributed by atoms with van der Waals surface area (Å²) < 4.78 is 0. The third-order valence-electron chi connectivity index (χ3n) is 3.63. The Morgan fingerprint density at radius 2 is 1.46 bits per heavy atom. The van der Waals surface area contributed by atoms with Crippen LogP contribution in [0.1, 0.15) is 40.5 Å². The Kier molecular flexibility index (Phi) is 11.2. The molecule has 0 aromatic heterocycles. The maximum Gasteiger partial charge on any atom is 0.244 e. The average Bonchev–Trinajstić information content (AvgIpc) is 2.57. The SMILES string of the molecule is CC(C)C[C@@H](CC(=O)NO)C(=O)N[C@@H](C)C(=O)N[C@@H](C)C(=O)NCCN. The van der Waals surface area contributed by atoms with Gasteiger partial charge in [0.1, 0.15) is 12.1 Å². The van der Waals surface area contributed by atoms with Crippen LogP contribution in [0.15, 0.2) is 0 Å². The molecule has 0 rings (SSSR count). The minimum absolute atomic E-state index is 0.146. The van der Waals surface area contributed by atoms with E-state index in [1.165, 1.54) is 19.3 Å².